The van der Waals surface area contributed by atoms with Gasteiger partial charge in [0.1, 0.15) is 11.5 Å². The second kappa shape index (κ2) is 13.1. The Morgan fingerprint density at radius 2 is 0.906 bits per heavy atom. The number of anilines is 3. The lowest BCUT2D eigenvalue weighted by Gasteiger charge is -2.42. The number of nitrogens with zero attached hydrogens (tertiary/aromatic N) is 1. The number of hydrogen-bond acceptors (Lipinski definition) is 2. The molecule has 5 heteroatoms. The molecule has 0 saturated carbocycles. The van der Waals surface area contributed by atoms with E-state index in [1.165, 1.54) is 16.6 Å². The number of rotatable bonds is 5. The van der Waals surface area contributed by atoms with Crippen LogP contribution in [0.5, 0.6) is 11.5 Å². The summed E-state index contributed by atoms with van der Waals surface area (Å²) in [5.74, 6) is 1.77. The molecule has 8 aromatic carbocycles. The zero-order chi connectivity index (χ0) is 35.5. The first-order valence-electron chi connectivity index (χ1n) is 17.8. The highest BCUT2D eigenvalue weighted by molar-refractivity contribution is 9.10. The molecule has 0 fully saturated rings. The fraction of sp³-hybridized carbons (Fsp3) is 0. The number of fused-ring (bicyclic) bond motifs is 4. The normalized spacial score (nSPS) is 12.4. The minimum absolute atomic E-state index is 0.0578. The molecule has 0 atom stereocenters. The van der Waals surface area contributed by atoms with Crippen LogP contribution in [-0.2, 0) is 0 Å². The van der Waals surface area contributed by atoms with Gasteiger partial charge in [0, 0.05) is 37.0 Å². The van der Waals surface area contributed by atoms with E-state index in [1.54, 1.807) is 0 Å². The quantitative estimate of drug-likeness (QED) is 0.161. The van der Waals surface area contributed by atoms with Crippen LogP contribution in [-0.4, -0.2) is 6.71 Å². The second-order valence-corrected chi connectivity index (χ2v) is 15.3. The van der Waals surface area contributed by atoms with E-state index in [-0.39, 0.29) is 6.71 Å². The van der Waals surface area contributed by atoms with Crippen molar-refractivity contribution in [2.24, 2.45) is 0 Å². The van der Waals surface area contributed by atoms with Gasteiger partial charge in [-0.15, -0.1) is 0 Å². The maximum absolute atomic E-state index is 7.04. The minimum atomic E-state index is -0.0578. The van der Waals surface area contributed by atoms with Gasteiger partial charge in [-0.2, -0.15) is 0 Å². The van der Waals surface area contributed by atoms with Crippen LogP contribution in [0.4, 0.5) is 17.1 Å². The molecule has 10 rings (SSSR count). The first-order chi connectivity index (χ1) is 26.1. The summed E-state index contributed by atoms with van der Waals surface area (Å²) in [6.45, 7) is -0.0578. The van der Waals surface area contributed by atoms with Crippen molar-refractivity contribution in [3.05, 3.63) is 191 Å². The monoisotopic (exact) mass is 805 g/mol. The fourth-order valence-electron chi connectivity index (χ4n) is 8.12. The first-order valence-corrected chi connectivity index (χ1v) is 19.3. The Hall–Kier alpha value is -5.62. The minimum Gasteiger partial charge on any atom is -0.458 e. The molecule has 53 heavy (non-hydrogen) atoms. The molecule has 0 N–H and O–H groups in total. The molecule has 0 aromatic heterocycles. The van der Waals surface area contributed by atoms with Crippen LogP contribution in [0.2, 0.25) is 0 Å². The molecule has 0 radical (unpaired) electrons. The smallest absolute Gasteiger partial charge is 0.256 e. The third-order valence-corrected chi connectivity index (χ3v) is 11.4. The van der Waals surface area contributed by atoms with E-state index in [0.29, 0.717) is 0 Å². The van der Waals surface area contributed by atoms with Crippen LogP contribution in [0.1, 0.15) is 0 Å². The average Bonchev–Trinajstić information content (AvgIpc) is 3.22. The summed E-state index contributed by atoms with van der Waals surface area (Å²) in [5.41, 5.74) is 16.0. The zero-order valence-corrected chi connectivity index (χ0v) is 31.7. The molecule has 2 aliphatic heterocycles. The van der Waals surface area contributed by atoms with Crippen molar-refractivity contribution in [3.63, 3.8) is 0 Å². The molecule has 0 spiro atoms. The Morgan fingerprint density at radius 3 is 1.49 bits per heavy atom. The van der Waals surface area contributed by atoms with Gasteiger partial charge in [-0.05, 0) is 98.8 Å². The predicted octanol–water partition coefficient (Wildman–Crippen LogP) is 12.3. The number of halogens is 2. The van der Waals surface area contributed by atoms with E-state index >= 15 is 0 Å². The van der Waals surface area contributed by atoms with Gasteiger partial charge in [0.2, 0.25) is 0 Å². The van der Waals surface area contributed by atoms with Gasteiger partial charge in [-0.3, -0.25) is 0 Å². The topological polar surface area (TPSA) is 12.5 Å². The fourth-order valence-corrected chi connectivity index (χ4v) is 8.88. The molecule has 8 aromatic rings. The van der Waals surface area contributed by atoms with Gasteiger partial charge in [0.15, 0.2) is 0 Å². The lowest BCUT2D eigenvalue weighted by molar-refractivity contribution is 0.489. The Labute approximate surface area is 326 Å². The molecule has 0 aliphatic carbocycles. The highest BCUT2D eigenvalue weighted by Gasteiger charge is 2.44. The maximum Gasteiger partial charge on any atom is 0.256 e. The van der Waals surface area contributed by atoms with E-state index in [4.69, 9.17) is 4.74 Å². The van der Waals surface area contributed by atoms with Gasteiger partial charge in [0.05, 0.1) is 5.69 Å². The van der Waals surface area contributed by atoms with E-state index in [2.05, 4.69) is 219 Å². The van der Waals surface area contributed by atoms with Crippen molar-refractivity contribution in [1.29, 1.82) is 0 Å². The van der Waals surface area contributed by atoms with E-state index < -0.39 is 0 Å². The highest BCUT2D eigenvalue weighted by atomic mass is 79.9. The maximum atomic E-state index is 7.04. The van der Waals surface area contributed by atoms with Crippen LogP contribution in [0.15, 0.2) is 191 Å². The molecule has 2 aliphatic rings. The van der Waals surface area contributed by atoms with Crippen molar-refractivity contribution in [3.8, 4) is 56.0 Å². The molecule has 0 bridgehead atoms. The first kappa shape index (κ1) is 32.1. The van der Waals surface area contributed by atoms with Crippen LogP contribution < -0.4 is 26.0 Å². The summed E-state index contributed by atoms with van der Waals surface area (Å²) in [6.07, 6.45) is 0. The van der Waals surface area contributed by atoms with Crippen molar-refractivity contribution < 1.29 is 4.74 Å². The molecule has 2 heterocycles. The summed E-state index contributed by atoms with van der Waals surface area (Å²) >= 11 is 7.68. The molecule has 0 amide bonds. The number of ether oxygens (including phenoxy) is 1. The molecule has 250 valence electrons. The molecular weight excluding hydrogens is 777 g/mol. The number of benzene rings is 8. The summed E-state index contributed by atoms with van der Waals surface area (Å²) in [5, 5.41) is 0. The van der Waals surface area contributed by atoms with Gasteiger partial charge in [-0.1, -0.05) is 159 Å². The van der Waals surface area contributed by atoms with Crippen LogP contribution in [0.25, 0.3) is 44.5 Å². The molecule has 2 nitrogen and oxygen atoms in total. The van der Waals surface area contributed by atoms with Crippen LogP contribution >= 0.6 is 31.9 Å². The average molecular weight is 807 g/mol. The summed E-state index contributed by atoms with van der Waals surface area (Å²) < 4.78 is 9.10. The second-order valence-electron chi connectivity index (χ2n) is 13.5. The van der Waals surface area contributed by atoms with Crippen LogP contribution in [0, 0.1) is 0 Å². The third-order valence-electron chi connectivity index (χ3n) is 10.4. The molecular formula is C48H30BBr2NO. The van der Waals surface area contributed by atoms with Crippen LogP contribution in [0.3, 0.4) is 0 Å². The zero-order valence-electron chi connectivity index (χ0n) is 28.5. The summed E-state index contributed by atoms with van der Waals surface area (Å²) in [6, 6.07) is 65.3. The third kappa shape index (κ3) is 5.46. The van der Waals surface area contributed by atoms with E-state index in [1.807, 2.05) is 0 Å². The van der Waals surface area contributed by atoms with Crippen molar-refractivity contribution in [1.82, 2.24) is 0 Å². The van der Waals surface area contributed by atoms with Gasteiger partial charge in [-0.25, -0.2) is 0 Å². The highest BCUT2D eigenvalue weighted by Crippen LogP contribution is 2.51. The SMILES string of the molecule is Brc1ccc2c(c1)B1c3cc(Br)ccc3N(c3c(-c4ccccc4)cc(-c4ccccc4)cc3-c3ccccc3)c3ccc(-c4ccccc4)c(c31)O2. The lowest BCUT2D eigenvalue weighted by Crippen LogP contribution is -2.59. The Morgan fingerprint density at radius 1 is 0.415 bits per heavy atom. The van der Waals surface area contributed by atoms with Crippen molar-refractivity contribution >= 4 is 72.0 Å². The summed E-state index contributed by atoms with van der Waals surface area (Å²) in [4.78, 5) is 2.50. The Kier molecular flexibility index (Phi) is 7.93. The largest absolute Gasteiger partial charge is 0.458 e. The Balaban J connectivity index is 1.35. The predicted molar refractivity (Wildman–Crippen MR) is 229 cm³/mol. The van der Waals surface area contributed by atoms with Gasteiger partial charge in [0.25, 0.3) is 6.71 Å². The van der Waals surface area contributed by atoms with E-state index in [0.717, 1.165) is 81.8 Å². The van der Waals surface area contributed by atoms with Crippen molar-refractivity contribution in [2.45, 2.75) is 0 Å². The molecule has 0 unspecified atom stereocenters. The standard InChI is InChI=1S/C48H30BBr2NO/c50-36-21-24-43-41(29-36)49-42-30-37(51)22-26-45(42)53-48-38(32-15-7-2-8-16-32)23-25-44(46(48)49)52(43)47-39(33-17-9-3-10-18-33)27-35(31-13-5-1-6-14-31)28-40(47)34-19-11-4-12-20-34/h1-30H. The van der Waals surface area contributed by atoms with Gasteiger partial charge >= 0.3 is 0 Å². The lowest BCUT2D eigenvalue weighted by atomic mass is 9.34. The summed E-state index contributed by atoms with van der Waals surface area (Å²) in [7, 11) is 0. The Bertz CT molecular complexity index is 2610. The van der Waals surface area contributed by atoms with Crippen molar-refractivity contribution in [2.75, 3.05) is 4.90 Å². The van der Waals surface area contributed by atoms with Gasteiger partial charge < -0.3 is 9.64 Å². The number of hydrogen-bond donors (Lipinski definition) is 0. The molecule has 0 saturated heterocycles. The van der Waals surface area contributed by atoms with E-state index in [9.17, 15) is 0 Å².